The standard InChI is InChI=1S/C21H37N5O9/c22-3-13-12(28)2-10(24)15(34-13)6-32-5-8-9(23)1-11(25)21(18(8)29)33-7-16-20(31)17(26)19(30)14(4-27)35-16/h1,10,12-17,19-21,27-28,30-31H,2-7,22-26H2/t10?,12-,13+,14?,15+,16+,17?,19+,20?,21?/m0/s1. The highest BCUT2D eigenvalue weighted by Gasteiger charge is 2.43. The molecule has 0 amide bonds. The van der Waals surface area contributed by atoms with E-state index in [1.54, 1.807) is 0 Å². The van der Waals surface area contributed by atoms with Gasteiger partial charge in [0.1, 0.15) is 24.4 Å². The second kappa shape index (κ2) is 12.0. The van der Waals surface area contributed by atoms with Crippen LogP contribution in [0, 0.1) is 0 Å². The zero-order valence-electron chi connectivity index (χ0n) is 19.3. The summed E-state index contributed by atoms with van der Waals surface area (Å²) in [5, 5.41) is 39.6. The van der Waals surface area contributed by atoms with Gasteiger partial charge in [-0.2, -0.15) is 0 Å². The Bertz CT molecular complexity index is 810. The molecule has 2 saturated heterocycles. The Kier molecular flexibility index (Phi) is 9.59. The minimum absolute atomic E-state index is 0.0457. The van der Waals surface area contributed by atoms with Gasteiger partial charge in [0.05, 0.1) is 50.8 Å². The number of hydrogen-bond acceptors (Lipinski definition) is 14. The van der Waals surface area contributed by atoms with E-state index >= 15 is 0 Å². The van der Waals surface area contributed by atoms with Crippen molar-refractivity contribution in [3.8, 4) is 0 Å². The number of allylic oxidation sites excluding steroid dienone is 1. The molecule has 14 N–H and O–H groups in total. The number of ether oxygens (including phenoxy) is 4. The second-order valence-corrected chi connectivity index (χ2v) is 9.04. The van der Waals surface area contributed by atoms with Crippen molar-refractivity contribution < 1.29 is 44.2 Å². The Morgan fingerprint density at radius 3 is 2.31 bits per heavy atom. The van der Waals surface area contributed by atoms with Gasteiger partial charge in [0.15, 0.2) is 11.9 Å². The predicted octanol–water partition coefficient (Wildman–Crippen LogP) is -5.36. The molecule has 35 heavy (non-hydrogen) atoms. The molecule has 2 heterocycles. The number of carbonyl (C=O) groups excluding carboxylic acids is 1. The smallest absolute Gasteiger partial charge is 0.197 e. The Balaban J connectivity index is 1.57. The Morgan fingerprint density at radius 1 is 1.00 bits per heavy atom. The summed E-state index contributed by atoms with van der Waals surface area (Å²) in [6.07, 6.45) is -5.93. The van der Waals surface area contributed by atoms with Crippen molar-refractivity contribution in [2.45, 2.75) is 67.3 Å². The lowest BCUT2D eigenvalue weighted by Gasteiger charge is -2.41. The molecule has 3 rings (SSSR count). The minimum Gasteiger partial charge on any atom is -0.399 e. The van der Waals surface area contributed by atoms with Crippen molar-refractivity contribution in [1.82, 2.24) is 0 Å². The molecule has 14 nitrogen and oxygen atoms in total. The highest BCUT2D eigenvalue weighted by Crippen LogP contribution is 2.24. The number of rotatable bonds is 9. The van der Waals surface area contributed by atoms with Crippen molar-refractivity contribution in [1.29, 1.82) is 0 Å². The highest BCUT2D eigenvalue weighted by molar-refractivity contribution is 6.03. The Hall–Kier alpha value is -1.69. The van der Waals surface area contributed by atoms with Gasteiger partial charge >= 0.3 is 0 Å². The summed E-state index contributed by atoms with van der Waals surface area (Å²) in [6.45, 7) is -0.785. The zero-order valence-corrected chi connectivity index (χ0v) is 19.3. The van der Waals surface area contributed by atoms with Gasteiger partial charge in [-0.25, -0.2) is 0 Å². The van der Waals surface area contributed by atoms with Crippen LogP contribution in [0.25, 0.3) is 0 Å². The molecule has 3 aliphatic rings. The average molecular weight is 504 g/mol. The molecule has 0 aromatic carbocycles. The molecule has 200 valence electrons. The molecule has 2 fully saturated rings. The third-order valence-corrected chi connectivity index (χ3v) is 6.55. The van der Waals surface area contributed by atoms with Crippen molar-refractivity contribution >= 4 is 5.78 Å². The first kappa shape index (κ1) is 27.9. The van der Waals surface area contributed by atoms with Crippen LogP contribution in [0.15, 0.2) is 23.0 Å². The van der Waals surface area contributed by atoms with Crippen molar-refractivity contribution in [2.75, 3.05) is 33.0 Å². The number of nitrogens with two attached hydrogens (primary N) is 5. The van der Waals surface area contributed by atoms with Gasteiger partial charge in [-0.05, 0) is 12.5 Å². The van der Waals surface area contributed by atoms with E-state index in [0.717, 1.165) is 0 Å². The van der Waals surface area contributed by atoms with Crippen LogP contribution >= 0.6 is 0 Å². The molecule has 0 spiro atoms. The van der Waals surface area contributed by atoms with E-state index in [1.165, 1.54) is 6.08 Å². The fraction of sp³-hybridized carbons (Fsp3) is 0.762. The van der Waals surface area contributed by atoms with E-state index in [2.05, 4.69) is 0 Å². The van der Waals surface area contributed by atoms with Gasteiger partial charge in [0.25, 0.3) is 0 Å². The molecule has 0 radical (unpaired) electrons. The SMILES string of the molecule is NC[C@H]1O[C@H](COCC2=C(N)C=C(N)C(OC[C@H]3OC(CO)[C@@H](O)C(N)C3O)C2=O)C(N)C[C@@H]1O. The normalized spacial score (nSPS) is 40.7. The molecular weight excluding hydrogens is 466 g/mol. The van der Waals surface area contributed by atoms with Crippen LogP contribution in [0.3, 0.4) is 0 Å². The van der Waals surface area contributed by atoms with Crippen LogP contribution in [-0.4, -0.2) is 120 Å². The van der Waals surface area contributed by atoms with Gasteiger partial charge in [-0.3, -0.25) is 4.79 Å². The van der Waals surface area contributed by atoms with Crippen LogP contribution < -0.4 is 28.7 Å². The lowest BCUT2D eigenvalue weighted by atomic mass is 9.93. The van der Waals surface area contributed by atoms with E-state index in [9.17, 15) is 25.2 Å². The molecule has 10 atom stereocenters. The monoisotopic (exact) mass is 503 g/mol. The van der Waals surface area contributed by atoms with E-state index in [4.69, 9.17) is 47.6 Å². The van der Waals surface area contributed by atoms with Crippen LogP contribution in [0.1, 0.15) is 6.42 Å². The summed E-state index contributed by atoms with van der Waals surface area (Å²) in [6, 6.07) is -1.54. The second-order valence-electron chi connectivity index (χ2n) is 9.04. The van der Waals surface area contributed by atoms with E-state index in [1.807, 2.05) is 0 Å². The van der Waals surface area contributed by atoms with Crippen LogP contribution in [0.2, 0.25) is 0 Å². The molecule has 0 saturated carbocycles. The summed E-state index contributed by atoms with van der Waals surface area (Å²) < 4.78 is 22.5. The summed E-state index contributed by atoms with van der Waals surface area (Å²) in [4.78, 5) is 13.0. The highest BCUT2D eigenvalue weighted by atomic mass is 16.6. The molecule has 1 aliphatic carbocycles. The number of aliphatic hydroxyl groups excluding tert-OH is 4. The van der Waals surface area contributed by atoms with Gasteiger partial charge in [0.2, 0.25) is 0 Å². The average Bonchev–Trinajstić information content (AvgIpc) is 2.81. The number of hydrogen-bond donors (Lipinski definition) is 9. The molecule has 2 aliphatic heterocycles. The maximum atomic E-state index is 13.0. The maximum Gasteiger partial charge on any atom is 0.197 e. The van der Waals surface area contributed by atoms with E-state index in [-0.39, 0.29) is 43.3 Å². The summed E-state index contributed by atoms with van der Waals surface area (Å²) in [5.41, 5.74) is 29.7. The molecular formula is C21H37N5O9. The molecule has 5 unspecified atom stereocenters. The van der Waals surface area contributed by atoms with Gasteiger partial charge < -0.3 is 68.0 Å². The van der Waals surface area contributed by atoms with E-state index < -0.39 is 73.3 Å². The Labute approximate surface area is 202 Å². The number of aliphatic hydroxyl groups is 4. The molecule has 0 bridgehead atoms. The number of carbonyl (C=O) groups is 1. The van der Waals surface area contributed by atoms with Gasteiger partial charge in [-0.1, -0.05) is 0 Å². The molecule has 0 aromatic heterocycles. The lowest BCUT2D eigenvalue weighted by Crippen LogP contribution is -2.63. The number of Topliss-reactive ketones (excluding diaryl/α,β-unsaturated/α-hetero) is 1. The first-order valence-electron chi connectivity index (χ1n) is 11.4. The summed E-state index contributed by atoms with van der Waals surface area (Å²) >= 11 is 0. The first-order valence-corrected chi connectivity index (χ1v) is 11.4. The number of ketones is 1. The topological polar surface area (TPSA) is 265 Å². The fourth-order valence-corrected chi connectivity index (χ4v) is 4.34. The van der Waals surface area contributed by atoms with Gasteiger partial charge in [-0.15, -0.1) is 0 Å². The van der Waals surface area contributed by atoms with Crippen LogP contribution in [-0.2, 0) is 23.7 Å². The first-order chi connectivity index (χ1) is 16.6. The molecule has 0 aromatic rings. The summed E-state index contributed by atoms with van der Waals surface area (Å²) in [5.74, 6) is -0.528. The van der Waals surface area contributed by atoms with E-state index in [0.29, 0.717) is 6.42 Å². The Morgan fingerprint density at radius 2 is 1.66 bits per heavy atom. The van der Waals surface area contributed by atoms with Crippen LogP contribution in [0.4, 0.5) is 0 Å². The quantitative estimate of drug-likeness (QED) is 0.142. The van der Waals surface area contributed by atoms with Crippen molar-refractivity contribution in [3.63, 3.8) is 0 Å². The fourth-order valence-electron chi connectivity index (χ4n) is 4.34. The third kappa shape index (κ3) is 6.18. The van der Waals surface area contributed by atoms with Gasteiger partial charge in [0, 0.05) is 29.6 Å². The van der Waals surface area contributed by atoms with Crippen LogP contribution in [0.5, 0.6) is 0 Å². The summed E-state index contributed by atoms with van der Waals surface area (Å²) in [7, 11) is 0. The van der Waals surface area contributed by atoms with Crippen molar-refractivity contribution in [2.24, 2.45) is 28.7 Å². The minimum atomic E-state index is -1.30. The maximum absolute atomic E-state index is 13.0. The third-order valence-electron chi connectivity index (χ3n) is 6.55. The van der Waals surface area contributed by atoms with Crippen molar-refractivity contribution in [3.05, 3.63) is 23.0 Å². The predicted molar refractivity (Wildman–Crippen MR) is 121 cm³/mol. The molecule has 14 heteroatoms. The lowest BCUT2D eigenvalue weighted by molar-refractivity contribution is -0.204. The largest absolute Gasteiger partial charge is 0.399 e. The zero-order chi connectivity index (χ0) is 25.9.